The van der Waals surface area contributed by atoms with Crippen LogP contribution in [-0.2, 0) is 34.6 Å². The van der Waals surface area contributed by atoms with Gasteiger partial charge in [-0.05, 0) is 110 Å². The molecule has 5 heterocycles. The number of H-pyrrole nitrogens is 2. The second-order valence-electron chi connectivity index (χ2n) is 9.98. The van der Waals surface area contributed by atoms with Gasteiger partial charge in [0.25, 0.3) is 0 Å². The summed E-state index contributed by atoms with van der Waals surface area (Å²) in [6.07, 6.45) is 2.74. The van der Waals surface area contributed by atoms with Gasteiger partial charge in [-0.1, -0.05) is 0 Å². The molecule has 199 valence electrons. The van der Waals surface area contributed by atoms with Crippen LogP contribution in [0.5, 0.6) is 0 Å². The number of nitrogens with one attached hydrogen (secondary N) is 2. The SMILES string of the molecule is CC1=Cc2cc3[nH]c(cc4nc(cc5[nH]c(cc1n2)c(C)c5CCC(=O)O)C(CCC(=O)O)=C4C)cc3C.[V]. The molecule has 0 aromatic carbocycles. The van der Waals surface area contributed by atoms with Gasteiger partial charge in [-0.2, -0.15) is 0 Å². The Bertz CT molecular complexity index is 1730. The number of aromatic nitrogens is 4. The molecule has 0 saturated carbocycles. The zero-order valence-corrected chi connectivity index (χ0v) is 23.7. The summed E-state index contributed by atoms with van der Waals surface area (Å²) in [5, 5.41) is 18.7. The van der Waals surface area contributed by atoms with Gasteiger partial charge in [0.1, 0.15) is 0 Å². The predicted octanol–water partition coefficient (Wildman–Crippen LogP) is 6.30. The van der Waals surface area contributed by atoms with Gasteiger partial charge >= 0.3 is 11.9 Å². The molecule has 1 radical (unpaired) electrons. The minimum atomic E-state index is -0.868. The summed E-state index contributed by atoms with van der Waals surface area (Å²) >= 11 is 0. The Hall–Kier alpha value is -3.88. The van der Waals surface area contributed by atoms with Crippen molar-refractivity contribution in [2.45, 2.75) is 53.4 Å². The molecule has 3 aromatic heterocycles. The zero-order valence-electron chi connectivity index (χ0n) is 22.3. The van der Waals surface area contributed by atoms with E-state index in [1.165, 1.54) is 0 Å². The van der Waals surface area contributed by atoms with E-state index in [-0.39, 0.29) is 31.4 Å². The number of aliphatic carboxylic acids is 2. The molecular weight excluding hydrogens is 531 g/mol. The summed E-state index contributed by atoms with van der Waals surface area (Å²) < 4.78 is 0. The van der Waals surface area contributed by atoms with Crippen molar-refractivity contribution in [3.8, 4) is 0 Å². The number of fused-ring (bicyclic) bond motifs is 8. The topological polar surface area (TPSA) is 132 Å². The molecule has 2 aliphatic heterocycles. The molecule has 0 atom stereocenters. The average Bonchev–Trinajstić information content (AvgIpc) is 3.53. The number of aryl methyl sites for hydroxylation is 3. The predicted molar refractivity (Wildman–Crippen MR) is 149 cm³/mol. The third-order valence-electron chi connectivity index (χ3n) is 7.26. The number of carboxylic acid groups (broad SMARTS) is 2. The number of carboxylic acids is 2. The molecule has 3 aromatic rings. The maximum Gasteiger partial charge on any atom is 0.303 e. The maximum absolute atomic E-state index is 11.4. The van der Waals surface area contributed by atoms with Crippen molar-refractivity contribution in [3.63, 3.8) is 0 Å². The molecule has 0 aliphatic carbocycles. The van der Waals surface area contributed by atoms with Crippen molar-refractivity contribution in [2.24, 2.45) is 0 Å². The summed E-state index contributed by atoms with van der Waals surface area (Å²) in [5.74, 6) is -1.73. The third-order valence-corrected chi connectivity index (χ3v) is 7.26. The number of aromatic amines is 2. The van der Waals surface area contributed by atoms with Gasteiger partial charge in [0.05, 0.1) is 22.8 Å². The van der Waals surface area contributed by atoms with E-state index in [1.807, 2.05) is 58.0 Å². The first-order valence-corrected chi connectivity index (χ1v) is 12.6. The van der Waals surface area contributed by atoms with Gasteiger partial charge in [-0.15, -0.1) is 0 Å². The van der Waals surface area contributed by atoms with Crippen molar-refractivity contribution >= 4 is 56.8 Å². The molecule has 0 amide bonds. The molecule has 8 nitrogen and oxygen atoms in total. The normalized spacial score (nSPS) is 12.8. The van der Waals surface area contributed by atoms with Crippen molar-refractivity contribution in [1.82, 2.24) is 19.9 Å². The molecule has 0 spiro atoms. The van der Waals surface area contributed by atoms with E-state index in [0.29, 0.717) is 18.5 Å². The van der Waals surface area contributed by atoms with Gasteiger partial charge in [0.15, 0.2) is 0 Å². The molecule has 8 bridgehead atoms. The Morgan fingerprint density at radius 1 is 0.769 bits per heavy atom. The largest absolute Gasteiger partial charge is 0.481 e. The third kappa shape index (κ3) is 5.77. The van der Waals surface area contributed by atoms with Gasteiger partial charge < -0.3 is 20.2 Å². The monoisotopic (exact) mass is 561 g/mol. The van der Waals surface area contributed by atoms with E-state index in [2.05, 4.69) is 16.0 Å². The van der Waals surface area contributed by atoms with Gasteiger partial charge in [-0.25, -0.2) is 9.97 Å². The average molecular weight is 562 g/mol. The standard InChI is InChI=1S/C30H30N4O4.V/c1-15-9-20-12-25-17(3)21(5-7-29(35)36)27(33-25)14-28-22(6-8-30(37)38)18(4)26(34-28)13-24-16(2)10-19(32-24)11-23(15)31-20;/h9-14,31,34H,5-8H2,1-4H3,(H,35,36)(H,37,38);. The van der Waals surface area contributed by atoms with Crippen LogP contribution in [0.1, 0.15) is 72.6 Å². The van der Waals surface area contributed by atoms with E-state index in [9.17, 15) is 19.8 Å². The molecule has 0 unspecified atom stereocenters. The summed E-state index contributed by atoms with van der Waals surface area (Å²) in [7, 11) is 0. The number of allylic oxidation sites excluding steroid dienone is 3. The first-order valence-electron chi connectivity index (χ1n) is 12.6. The van der Waals surface area contributed by atoms with Crippen LogP contribution in [0.2, 0.25) is 0 Å². The van der Waals surface area contributed by atoms with Crippen molar-refractivity contribution in [2.75, 3.05) is 0 Å². The molecular formula is C30H30N4O4V. The first kappa shape index (κ1) is 28.1. The molecule has 4 N–H and O–H groups in total. The van der Waals surface area contributed by atoms with Crippen LogP contribution in [0.25, 0.3) is 44.9 Å². The number of hydrogen-bond donors (Lipinski definition) is 4. The van der Waals surface area contributed by atoms with E-state index >= 15 is 0 Å². The fourth-order valence-electron chi connectivity index (χ4n) is 5.11. The molecule has 2 aliphatic rings. The summed E-state index contributed by atoms with van der Waals surface area (Å²) in [4.78, 5) is 39.5. The van der Waals surface area contributed by atoms with Crippen LogP contribution >= 0.6 is 0 Å². The Balaban J connectivity index is 0.00000353. The maximum atomic E-state index is 11.4. The Morgan fingerprint density at radius 2 is 1.46 bits per heavy atom. The van der Waals surface area contributed by atoms with E-state index in [4.69, 9.17) is 9.97 Å². The minimum absolute atomic E-state index is 0. The molecule has 5 rings (SSSR count). The molecule has 9 heteroatoms. The molecule has 0 fully saturated rings. The second kappa shape index (κ2) is 11.1. The molecule has 0 saturated heterocycles. The van der Waals surface area contributed by atoms with Gasteiger partial charge in [-0.3, -0.25) is 9.59 Å². The van der Waals surface area contributed by atoms with Crippen LogP contribution in [0.4, 0.5) is 0 Å². The fraction of sp³-hybridized carbons (Fsp3) is 0.267. The Morgan fingerprint density at radius 3 is 2.18 bits per heavy atom. The minimum Gasteiger partial charge on any atom is -0.481 e. The molecule has 39 heavy (non-hydrogen) atoms. The van der Waals surface area contributed by atoms with Crippen LogP contribution in [0, 0.1) is 13.8 Å². The van der Waals surface area contributed by atoms with Crippen LogP contribution in [0.15, 0.2) is 30.3 Å². The number of rotatable bonds is 6. The number of carbonyl (C=O) groups is 2. The summed E-state index contributed by atoms with van der Waals surface area (Å²) in [6.45, 7) is 8.01. The van der Waals surface area contributed by atoms with E-state index in [0.717, 1.165) is 72.6 Å². The van der Waals surface area contributed by atoms with E-state index in [1.54, 1.807) is 0 Å². The van der Waals surface area contributed by atoms with E-state index < -0.39 is 11.9 Å². The number of nitrogens with zero attached hydrogens (tertiary/aromatic N) is 2. The van der Waals surface area contributed by atoms with Crippen molar-refractivity contribution in [3.05, 3.63) is 69.8 Å². The summed E-state index contributed by atoms with van der Waals surface area (Å²) in [5.41, 5.74) is 12.4. The van der Waals surface area contributed by atoms with Crippen LogP contribution in [0.3, 0.4) is 0 Å². The van der Waals surface area contributed by atoms with Crippen molar-refractivity contribution in [1.29, 1.82) is 0 Å². The van der Waals surface area contributed by atoms with Gasteiger partial charge in [0, 0.05) is 53.5 Å². The summed E-state index contributed by atoms with van der Waals surface area (Å²) in [6, 6.07) is 9.98. The van der Waals surface area contributed by atoms with Gasteiger partial charge in [0.2, 0.25) is 0 Å². The van der Waals surface area contributed by atoms with Crippen molar-refractivity contribution < 1.29 is 38.4 Å². The van der Waals surface area contributed by atoms with Crippen LogP contribution in [-0.4, -0.2) is 42.1 Å². The first-order chi connectivity index (χ1) is 18.1. The quantitative estimate of drug-likeness (QED) is 0.279. The Kier molecular flexibility index (Phi) is 8.00. The second-order valence-corrected chi connectivity index (χ2v) is 9.98. The smallest absolute Gasteiger partial charge is 0.303 e. The van der Waals surface area contributed by atoms with Crippen LogP contribution < -0.4 is 0 Å². The fourth-order valence-corrected chi connectivity index (χ4v) is 5.11. The Labute approximate surface area is 237 Å². The number of hydrogen-bond acceptors (Lipinski definition) is 4. The zero-order chi connectivity index (χ0) is 27.1.